The average Bonchev–Trinajstić information content (AvgIpc) is 2.33. The van der Waals surface area contributed by atoms with E-state index in [9.17, 15) is 13.6 Å². The van der Waals surface area contributed by atoms with Crippen molar-refractivity contribution in [2.75, 3.05) is 12.4 Å². The molecule has 0 aliphatic carbocycles. The van der Waals surface area contributed by atoms with Crippen LogP contribution in [-0.4, -0.2) is 28.7 Å². The zero-order valence-corrected chi connectivity index (χ0v) is 12.2. The van der Waals surface area contributed by atoms with Crippen LogP contribution < -0.4 is 0 Å². The lowest BCUT2D eigenvalue weighted by Gasteiger charge is -2.34. The summed E-state index contributed by atoms with van der Waals surface area (Å²) >= 11 is 3.32. The van der Waals surface area contributed by atoms with Gasteiger partial charge in [-0.25, -0.2) is 8.78 Å². The topological polar surface area (TPSA) is 20.3 Å². The van der Waals surface area contributed by atoms with Crippen molar-refractivity contribution in [3.8, 4) is 0 Å². The van der Waals surface area contributed by atoms with E-state index < -0.39 is 11.6 Å². The molecule has 0 unspecified atom stereocenters. The van der Waals surface area contributed by atoms with E-state index in [1.54, 1.807) is 7.05 Å². The molecule has 0 bridgehead atoms. The van der Waals surface area contributed by atoms with Crippen molar-refractivity contribution in [3.63, 3.8) is 0 Å². The van der Waals surface area contributed by atoms with Crippen LogP contribution in [0.2, 0.25) is 0 Å². The van der Waals surface area contributed by atoms with E-state index in [0.29, 0.717) is 5.33 Å². The van der Waals surface area contributed by atoms with Gasteiger partial charge in [0.2, 0.25) is 5.91 Å². The molecule has 0 aliphatic heterocycles. The fourth-order valence-corrected chi connectivity index (χ4v) is 1.77. The van der Waals surface area contributed by atoms with Crippen LogP contribution in [0.5, 0.6) is 0 Å². The number of amides is 1. The summed E-state index contributed by atoms with van der Waals surface area (Å²) in [5.41, 5.74) is -0.293. The Labute approximate surface area is 114 Å². The largest absolute Gasteiger partial charge is 0.340 e. The van der Waals surface area contributed by atoms with Crippen LogP contribution in [-0.2, 0) is 11.2 Å². The Hall–Kier alpha value is -0.970. The van der Waals surface area contributed by atoms with Gasteiger partial charge in [-0.3, -0.25) is 4.79 Å². The predicted octanol–water partition coefficient (Wildman–Crippen LogP) is 3.14. The molecule has 1 aromatic carbocycles. The second kappa shape index (κ2) is 5.78. The molecule has 0 aliphatic rings. The van der Waals surface area contributed by atoms with Gasteiger partial charge in [-0.1, -0.05) is 28.1 Å². The van der Waals surface area contributed by atoms with Gasteiger partial charge in [0.1, 0.15) is 0 Å². The highest BCUT2D eigenvalue weighted by Gasteiger charge is 2.27. The van der Waals surface area contributed by atoms with Crippen molar-refractivity contribution < 1.29 is 13.6 Å². The summed E-state index contributed by atoms with van der Waals surface area (Å²) in [7, 11) is 1.65. The van der Waals surface area contributed by atoms with Crippen molar-refractivity contribution in [1.82, 2.24) is 4.90 Å². The summed E-state index contributed by atoms with van der Waals surface area (Å²) < 4.78 is 26.5. The first kappa shape index (κ1) is 15.1. The molecule has 100 valence electrons. The van der Waals surface area contributed by atoms with Crippen LogP contribution >= 0.6 is 15.9 Å². The lowest BCUT2D eigenvalue weighted by molar-refractivity contribution is -0.133. The van der Waals surface area contributed by atoms with Crippen molar-refractivity contribution in [2.24, 2.45) is 0 Å². The quantitative estimate of drug-likeness (QED) is 0.781. The Bertz CT molecular complexity index is 449. The Morgan fingerprint density at radius 1 is 1.39 bits per heavy atom. The predicted molar refractivity (Wildman–Crippen MR) is 70.7 cm³/mol. The molecule has 0 saturated carbocycles. The zero-order chi connectivity index (χ0) is 13.9. The highest BCUT2D eigenvalue weighted by molar-refractivity contribution is 9.09. The summed E-state index contributed by atoms with van der Waals surface area (Å²) in [6, 6.07) is 3.86. The number of carbonyl (C=O) groups is 1. The maximum Gasteiger partial charge on any atom is 0.227 e. The van der Waals surface area contributed by atoms with Crippen LogP contribution in [0.15, 0.2) is 18.2 Å². The second-order valence-corrected chi connectivity index (χ2v) is 5.35. The first-order valence-corrected chi connectivity index (χ1v) is 6.67. The average molecular weight is 320 g/mol. The number of rotatable bonds is 4. The fourth-order valence-electron chi connectivity index (χ4n) is 1.39. The summed E-state index contributed by atoms with van der Waals surface area (Å²) in [4.78, 5) is 13.5. The molecule has 18 heavy (non-hydrogen) atoms. The summed E-state index contributed by atoms with van der Waals surface area (Å²) in [6.45, 7) is 3.78. The molecule has 1 rings (SSSR count). The Morgan fingerprint density at radius 2 is 2.00 bits per heavy atom. The normalized spacial score (nSPS) is 11.4. The molecule has 2 nitrogen and oxygen atoms in total. The van der Waals surface area contributed by atoms with Crippen molar-refractivity contribution in [3.05, 3.63) is 35.4 Å². The molecule has 5 heteroatoms. The maximum absolute atomic E-state index is 13.4. The van der Waals surface area contributed by atoms with Gasteiger partial charge >= 0.3 is 0 Å². The van der Waals surface area contributed by atoms with Gasteiger partial charge in [0.05, 0.1) is 6.42 Å². The molecule has 1 amide bonds. The number of hydrogen-bond donors (Lipinski definition) is 0. The van der Waals surface area contributed by atoms with Gasteiger partial charge in [-0.15, -0.1) is 0 Å². The molecule has 0 radical (unpaired) electrons. The smallest absolute Gasteiger partial charge is 0.227 e. The Morgan fingerprint density at radius 3 is 2.56 bits per heavy atom. The zero-order valence-electron chi connectivity index (χ0n) is 10.6. The second-order valence-electron chi connectivity index (χ2n) is 4.79. The van der Waals surface area contributed by atoms with E-state index in [-0.39, 0.29) is 23.4 Å². The monoisotopic (exact) mass is 319 g/mol. The summed E-state index contributed by atoms with van der Waals surface area (Å²) in [6.07, 6.45) is -0.142. The number of benzene rings is 1. The van der Waals surface area contributed by atoms with Crippen LogP contribution in [0.1, 0.15) is 19.4 Å². The fraction of sp³-hybridized carbons (Fsp3) is 0.462. The van der Waals surface area contributed by atoms with Gasteiger partial charge in [-0.2, -0.15) is 0 Å². The van der Waals surface area contributed by atoms with E-state index in [4.69, 9.17) is 0 Å². The summed E-state index contributed by atoms with van der Waals surface area (Å²) in [5, 5.41) is 0.605. The molecule has 0 spiro atoms. The van der Waals surface area contributed by atoms with E-state index >= 15 is 0 Å². The molecule has 0 saturated heterocycles. The van der Waals surface area contributed by atoms with E-state index in [2.05, 4.69) is 15.9 Å². The van der Waals surface area contributed by atoms with Crippen molar-refractivity contribution >= 4 is 21.8 Å². The number of carbonyl (C=O) groups excluding carboxylic acids is 1. The molecule has 0 fully saturated rings. The Balaban J connectivity index is 2.85. The van der Waals surface area contributed by atoms with Crippen LogP contribution in [0.4, 0.5) is 8.78 Å². The first-order chi connectivity index (χ1) is 8.29. The third-order valence-electron chi connectivity index (χ3n) is 2.98. The SMILES string of the molecule is CN(C(=O)Cc1cccc(F)c1F)C(C)(C)CBr. The van der Waals surface area contributed by atoms with Crippen LogP contribution in [0, 0.1) is 11.6 Å². The molecule has 0 atom stereocenters. The van der Waals surface area contributed by atoms with Crippen molar-refractivity contribution in [1.29, 1.82) is 0 Å². The van der Waals surface area contributed by atoms with Crippen LogP contribution in [0.3, 0.4) is 0 Å². The number of halogens is 3. The van der Waals surface area contributed by atoms with E-state index in [1.165, 1.54) is 17.0 Å². The minimum absolute atomic E-state index is 0.0808. The first-order valence-electron chi connectivity index (χ1n) is 5.55. The number of alkyl halides is 1. The number of nitrogens with zero attached hydrogens (tertiary/aromatic N) is 1. The minimum atomic E-state index is -0.948. The lowest BCUT2D eigenvalue weighted by Crippen LogP contribution is -2.47. The summed E-state index contributed by atoms with van der Waals surface area (Å²) in [5.74, 6) is -2.12. The van der Waals surface area contributed by atoms with Crippen LogP contribution in [0.25, 0.3) is 0 Å². The van der Waals surface area contributed by atoms with Gasteiger partial charge in [0, 0.05) is 23.5 Å². The van der Waals surface area contributed by atoms with Gasteiger partial charge in [0.15, 0.2) is 11.6 Å². The molecule has 0 heterocycles. The number of hydrogen-bond acceptors (Lipinski definition) is 1. The van der Waals surface area contributed by atoms with Crippen molar-refractivity contribution in [2.45, 2.75) is 25.8 Å². The lowest BCUT2D eigenvalue weighted by atomic mass is 10.0. The van der Waals surface area contributed by atoms with Gasteiger partial charge < -0.3 is 4.90 Å². The third-order valence-corrected chi connectivity index (χ3v) is 4.35. The molecular formula is C13H16BrF2NO. The molecule has 0 N–H and O–H groups in total. The van der Waals surface area contributed by atoms with E-state index in [1.807, 2.05) is 13.8 Å². The minimum Gasteiger partial charge on any atom is -0.340 e. The molecular weight excluding hydrogens is 304 g/mol. The highest BCUT2D eigenvalue weighted by Crippen LogP contribution is 2.18. The highest BCUT2D eigenvalue weighted by atomic mass is 79.9. The number of likely N-dealkylation sites (N-methyl/N-ethyl adjacent to an activating group) is 1. The molecule has 1 aromatic rings. The van der Waals surface area contributed by atoms with Gasteiger partial charge in [-0.05, 0) is 19.9 Å². The third kappa shape index (κ3) is 3.28. The molecule has 0 aromatic heterocycles. The maximum atomic E-state index is 13.4. The standard InChI is InChI=1S/C13H16BrF2NO/c1-13(2,8-14)17(3)11(18)7-9-5-4-6-10(15)12(9)16/h4-6H,7-8H2,1-3H3. The van der Waals surface area contributed by atoms with Gasteiger partial charge in [0.25, 0.3) is 0 Å². The Kier molecular flexibility index (Phi) is 4.85. The van der Waals surface area contributed by atoms with E-state index in [0.717, 1.165) is 6.07 Å².